The largest absolute Gasteiger partial charge is 0.497 e. The second-order valence-electron chi connectivity index (χ2n) is 8.04. The van der Waals surface area contributed by atoms with Gasteiger partial charge in [-0.2, -0.15) is 0 Å². The fourth-order valence-corrected chi connectivity index (χ4v) is 4.31. The first kappa shape index (κ1) is 21.0. The predicted molar refractivity (Wildman–Crippen MR) is 128 cm³/mol. The van der Waals surface area contributed by atoms with Crippen LogP contribution in [-0.2, 0) is 6.54 Å². The van der Waals surface area contributed by atoms with Crippen molar-refractivity contribution in [3.63, 3.8) is 0 Å². The standard InChI is InChI=1S/C26H31N3O2/c1-5-18-13-20(17(18)2)16-28-24-8-6-7-23-22(24)11-12-27-26(23)29-15-19-9-10-21(30-3)14-25(19)31-4/h6-12,14,18,28H,5,13,15-16H2,1-4H3,(H,27,29). The number of hydrogen-bond acceptors (Lipinski definition) is 5. The first-order valence-corrected chi connectivity index (χ1v) is 10.9. The lowest BCUT2D eigenvalue weighted by molar-refractivity contribution is 0.391. The molecule has 0 bridgehead atoms. The first-order chi connectivity index (χ1) is 15.1. The normalized spacial score (nSPS) is 15.5. The van der Waals surface area contributed by atoms with E-state index >= 15 is 0 Å². The molecule has 2 N–H and O–H groups in total. The third kappa shape index (κ3) is 4.31. The van der Waals surface area contributed by atoms with Gasteiger partial charge in [0.15, 0.2) is 0 Å². The van der Waals surface area contributed by atoms with Crippen LogP contribution in [-0.4, -0.2) is 25.7 Å². The third-order valence-electron chi connectivity index (χ3n) is 6.39. The summed E-state index contributed by atoms with van der Waals surface area (Å²) in [6.45, 7) is 6.07. The number of aromatic nitrogens is 1. The summed E-state index contributed by atoms with van der Waals surface area (Å²) < 4.78 is 10.8. The third-order valence-corrected chi connectivity index (χ3v) is 6.39. The van der Waals surface area contributed by atoms with Crippen molar-refractivity contribution in [2.24, 2.45) is 5.92 Å². The van der Waals surface area contributed by atoms with Gasteiger partial charge >= 0.3 is 0 Å². The summed E-state index contributed by atoms with van der Waals surface area (Å²) in [5.74, 6) is 3.22. The van der Waals surface area contributed by atoms with Gasteiger partial charge in [0.05, 0.1) is 14.2 Å². The molecule has 2 aromatic carbocycles. The fourth-order valence-electron chi connectivity index (χ4n) is 4.31. The number of allylic oxidation sites excluding steroid dienone is 1. The maximum absolute atomic E-state index is 5.52. The van der Waals surface area contributed by atoms with Gasteiger partial charge in [0.1, 0.15) is 17.3 Å². The van der Waals surface area contributed by atoms with E-state index in [2.05, 4.69) is 53.7 Å². The van der Waals surface area contributed by atoms with Crippen molar-refractivity contribution in [3.8, 4) is 11.5 Å². The van der Waals surface area contributed by atoms with Crippen molar-refractivity contribution in [1.29, 1.82) is 0 Å². The molecule has 1 unspecified atom stereocenters. The van der Waals surface area contributed by atoms with Gasteiger partial charge in [-0.15, -0.1) is 0 Å². The van der Waals surface area contributed by atoms with Crippen molar-refractivity contribution >= 4 is 22.3 Å². The fraction of sp³-hybridized carbons (Fsp3) is 0.346. The summed E-state index contributed by atoms with van der Waals surface area (Å²) in [4.78, 5) is 4.59. The SMILES string of the molecule is CCC1CC(CNc2cccc3c(NCc4ccc(OC)cc4OC)nccc23)=C1C. The van der Waals surface area contributed by atoms with Crippen molar-refractivity contribution in [1.82, 2.24) is 4.98 Å². The number of benzene rings is 2. The molecule has 0 amide bonds. The van der Waals surface area contributed by atoms with Gasteiger partial charge in [-0.05, 0) is 49.9 Å². The summed E-state index contributed by atoms with van der Waals surface area (Å²) in [6, 6.07) is 14.3. The van der Waals surface area contributed by atoms with Gasteiger partial charge in [-0.1, -0.05) is 30.2 Å². The first-order valence-electron chi connectivity index (χ1n) is 10.9. The average Bonchev–Trinajstić information content (AvgIpc) is 2.81. The zero-order chi connectivity index (χ0) is 21.8. The van der Waals surface area contributed by atoms with E-state index in [0.29, 0.717) is 6.54 Å². The molecule has 5 nitrogen and oxygen atoms in total. The number of fused-ring (bicyclic) bond motifs is 1. The minimum absolute atomic E-state index is 0.613. The molecular weight excluding hydrogens is 386 g/mol. The molecule has 1 aromatic heterocycles. The molecule has 0 aliphatic heterocycles. The van der Waals surface area contributed by atoms with Crippen molar-refractivity contribution < 1.29 is 9.47 Å². The Morgan fingerprint density at radius 3 is 2.61 bits per heavy atom. The number of anilines is 2. The van der Waals surface area contributed by atoms with Crippen LogP contribution >= 0.6 is 0 Å². The zero-order valence-electron chi connectivity index (χ0n) is 18.8. The van der Waals surface area contributed by atoms with E-state index in [4.69, 9.17) is 9.47 Å². The van der Waals surface area contributed by atoms with Crippen LogP contribution in [0, 0.1) is 5.92 Å². The number of nitrogens with one attached hydrogen (secondary N) is 2. The Bertz CT molecular complexity index is 1110. The van der Waals surface area contributed by atoms with Crippen LogP contribution < -0.4 is 20.1 Å². The number of pyridine rings is 1. The lowest BCUT2D eigenvalue weighted by Crippen LogP contribution is -2.21. The van der Waals surface area contributed by atoms with Crippen LogP contribution in [0.1, 0.15) is 32.3 Å². The van der Waals surface area contributed by atoms with Gasteiger partial charge in [0.2, 0.25) is 0 Å². The summed E-state index contributed by atoms with van der Waals surface area (Å²) in [7, 11) is 3.33. The lowest BCUT2D eigenvalue weighted by atomic mass is 9.77. The number of ether oxygens (including phenoxy) is 2. The minimum Gasteiger partial charge on any atom is -0.497 e. The molecule has 1 atom stereocenters. The molecule has 0 saturated heterocycles. The molecule has 0 spiro atoms. The van der Waals surface area contributed by atoms with E-state index < -0.39 is 0 Å². The Labute approximate surface area is 184 Å². The van der Waals surface area contributed by atoms with Gasteiger partial charge in [-0.3, -0.25) is 0 Å². The van der Waals surface area contributed by atoms with Gasteiger partial charge in [0.25, 0.3) is 0 Å². The number of hydrogen-bond donors (Lipinski definition) is 2. The van der Waals surface area contributed by atoms with Crippen LogP contribution in [0.25, 0.3) is 10.8 Å². The maximum atomic E-state index is 5.52. The summed E-state index contributed by atoms with van der Waals surface area (Å²) in [5, 5.41) is 9.41. The maximum Gasteiger partial charge on any atom is 0.134 e. The molecule has 0 radical (unpaired) electrons. The molecule has 162 valence electrons. The minimum atomic E-state index is 0.613. The zero-order valence-corrected chi connectivity index (χ0v) is 18.8. The number of nitrogens with zero attached hydrogens (tertiary/aromatic N) is 1. The van der Waals surface area contributed by atoms with Gasteiger partial charge in [0, 0.05) is 47.4 Å². The Balaban J connectivity index is 1.52. The summed E-state index contributed by atoms with van der Waals surface area (Å²) >= 11 is 0. The highest BCUT2D eigenvalue weighted by Gasteiger charge is 2.23. The molecule has 1 heterocycles. The summed E-state index contributed by atoms with van der Waals surface area (Å²) in [6.07, 6.45) is 4.32. The van der Waals surface area contributed by atoms with Gasteiger partial charge < -0.3 is 20.1 Å². The Kier molecular flexibility index (Phi) is 6.31. The Morgan fingerprint density at radius 2 is 1.87 bits per heavy atom. The molecule has 4 rings (SSSR count). The molecule has 31 heavy (non-hydrogen) atoms. The van der Waals surface area contributed by atoms with Crippen molar-refractivity contribution in [2.75, 3.05) is 31.4 Å². The quantitative estimate of drug-likeness (QED) is 0.417. The smallest absolute Gasteiger partial charge is 0.134 e. The van der Waals surface area contributed by atoms with E-state index in [-0.39, 0.29) is 0 Å². The highest BCUT2D eigenvalue weighted by Crippen LogP contribution is 2.37. The van der Waals surface area contributed by atoms with E-state index in [1.54, 1.807) is 25.4 Å². The monoisotopic (exact) mass is 417 g/mol. The number of methoxy groups -OCH3 is 2. The molecular formula is C26H31N3O2. The van der Waals surface area contributed by atoms with Crippen LogP contribution in [0.5, 0.6) is 11.5 Å². The lowest BCUT2D eigenvalue weighted by Gasteiger charge is -2.31. The van der Waals surface area contributed by atoms with Crippen LogP contribution in [0.15, 0.2) is 59.8 Å². The van der Waals surface area contributed by atoms with Crippen LogP contribution in [0.2, 0.25) is 0 Å². The van der Waals surface area contributed by atoms with Crippen LogP contribution in [0.4, 0.5) is 11.5 Å². The molecule has 3 aromatic rings. The molecule has 1 aliphatic carbocycles. The van der Waals surface area contributed by atoms with E-state index in [1.165, 1.54) is 18.2 Å². The average molecular weight is 418 g/mol. The molecule has 1 aliphatic rings. The topological polar surface area (TPSA) is 55.4 Å². The van der Waals surface area contributed by atoms with E-state index in [0.717, 1.165) is 46.4 Å². The second kappa shape index (κ2) is 9.29. The Morgan fingerprint density at radius 1 is 1.00 bits per heavy atom. The highest BCUT2D eigenvalue weighted by atomic mass is 16.5. The summed E-state index contributed by atoms with van der Waals surface area (Å²) in [5.41, 5.74) is 5.30. The van der Waals surface area contributed by atoms with Crippen molar-refractivity contribution in [2.45, 2.75) is 33.2 Å². The molecule has 5 heteroatoms. The predicted octanol–water partition coefficient (Wildman–Crippen LogP) is 6.02. The highest BCUT2D eigenvalue weighted by molar-refractivity contribution is 5.99. The van der Waals surface area contributed by atoms with Crippen LogP contribution in [0.3, 0.4) is 0 Å². The second-order valence-corrected chi connectivity index (χ2v) is 8.04. The van der Waals surface area contributed by atoms with E-state index in [9.17, 15) is 0 Å². The molecule has 0 fully saturated rings. The van der Waals surface area contributed by atoms with E-state index in [1.807, 2.05) is 24.4 Å². The number of rotatable bonds is 9. The van der Waals surface area contributed by atoms with Gasteiger partial charge in [-0.25, -0.2) is 4.98 Å². The molecule has 0 saturated carbocycles. The Hall–Kier alpha value is -3.21. The van der Waals surface area contributed by atoms with Crippen molar-refractivity contribution in [3.05, 3.63) is 65.4 Å².